The molecule has 3 heterocycles. The summed E-state index contributed by atoms with van der Waals surface area (Å²) in [7, 11) is 0. The van der Waals surface area contributed by atoms with Crippen molar-refractivity contribution < 1.29 is 18.8 Å². The van der Waals surface area contributed by atoms with E-state index in [4.69, 9.17) is 0 Å². The molecule has 3 aromatic carbocycles. The van der Waals surface area contributed by atoms with Crippen LogP contribution in [0.5, 0.6) is 0 Å². The van der Waals surface area contributed by atoms with Crippen LogP contribution in [-0.4, -0.2) is 55.0 Å². The normalized spacial score (nSPS) is 23.1. The molecule has 7 nitrogen and oxygen atoms in total. The van der Waals surface area contributed by atoms with Crippen molar-refractivity contribution in [2.75, 3.05) is 36.0 Å². The number of urea groups is 1. The van der Waals surface area contributed by atoms with Gasteiger partial charge in [0.05, 0.1) is 11.7 Å². The average molecular weight is 499 g/mol. The predicted molar refractivity (Wildman–Crippen MR) is 138 cm³/mol. The number of amides is 4. The molecule has 188 valence electrons. The molecule has 3 aliphatic heterocycles. The lowest BCUT2D eigenvalue weighted by Gasteiger charge is -2.55. The number of barbiturate groups is 1. The third-order valence-corrected chi connectivity index (χ3v) is 7.88. The van der Waals surface area contributed by atoms with Crippen molar-refractivity contribution >= 4 is 29.2 Å². The number of hydrogen-bond acceptors (Lipinski definition) is 5. The molecule has 1 spiro atoms. The van der Waals surface area contributed by atoms with E-state index in [-0.39, 0.29) is 25.3 Å². The zero-order valence-corrected chi connectivity index (χ0v) is 20.3. The molecule has 3 aliphatic rings. The first-order valence-electron chi connectivity index (χ1n) is 12.5. The SMILES string of the molecule is O=C1NC(=O)C2(Cc3ccccc3N3CCN(c4ccccc4F)CC32)C(=O)N1CCc1ccccc1. The number of carbonyl (C=O) groups excluding carboxylic acids is 3. The number of nitrogens with one attached hydrogen (secondary N) is 1. The Kier molecular flexibility index (Phi) is 5.67. The molecule has 37 heavy (non-hydrogen) atoms. The summed E-state index contributed by atoms with van der Waals surface area (Å²) in [6.45, 7) is 1.48. The van der Waals surface area contributed by atoms with Crippen LogP contribution in [0.4, 0.5) is 20.6 Å². The first-order chi connectivity index (χ1) is 18.0. The maximum atomic E-state index is 14.7. The van der Waals surface area contributed by atoms with Gasteiger partial charge in [-0.25, -0.2) is 9.18 Å². The Morgan fingerprint density at radius 1 is 0.865 bits per heavy atom. The second-order valence-corrected chi connectivity index (χ2v) is 9.84. The van der Waals surface area contributed by atoms with Crippen molar-refractivity contribution in [3.8, 4) is 0 Å². The van der Waals surface area contributed by atoms with Gasteiger partial charge in [-0.1, -0.05) is 60.7 Å². The molecule has 6 rings (SSSR count). The molecule has 0 radical (unpaired) electrons. The lowest BCUT2D eigenvalue weighted by molar-refractivity contribution is -0.153. The summed E-state index contributed by atoms with van der Waals surface area (Å²) >= 11 is 0. The molecule has 2 unspecified atom stereocenters. The number of nitrogens with zero attached hydrogens (tertiary/aromatic N) is 3. The fraction of sp³-hybridized carbons (Fsp3) is 0.276. The molecule has 2 saturated heterocycles. The number of benzene rings is 3. The number of hydrogen-bond donors (Lipinski definition) is 1. The van der Waals surface area contributed by atoms with Crippen LogP contribution in [0.15, 0.2) is 78.9 Å². The largest absolute Gasteiger partial charge is 0.365 e. The van der Waals surface area contributed by atoms with Gasteiger partial charge >= 0.3 is 6.03 Å². The van der Waals surface area contributed by atoms with Crippen molar-refractivity contribution in [1.29, 1.82) is 0 Å². The Morgan fingerprint density at radius 2 is 1.57 bits per heavy atom. The van der Waals surface area contributed by atoms with Gasteiger partial charge in [-0.3, -0.25) is 19.8 Å². The summed E-state index contributed by atoms with van der Waals surface area (Å²) in [6, 6.07) is 22.7. The van der Waals surface area contributed by atoms with Gasteiger partial charge in [-0.05, 0) is 42.2 Å². The first-order valence-corrected chi connectivity index (χ1v) is 12.5. The van der Waals surface area contributed by atoms with Gasteiger partial charge in [0.15, 0.2) is 5.41 Å². The second-order valence-electron chi connectivity index (χ2n) is 9.84. The van der Waals surface area contributed by atoms with Crippen LogP contribution >= 0.6 is 0 Å². The van der Waals surface area contributed by atoms with Gasteiger partial charge in [0.1, 0.15) is 5.82 Å². The summed E-state index contributed by atoms with van der Waals surface area (Å²) in [5.74, 6) is -1.42. The Hall–Kier alpha value is -4.20. The highest BCUT2D eigenvalue weighted by Gasteiger charge is 2.62. The number of halogens is 1. The van der Waals surface area contributed by atoms with Gasteiger partial charge in [0.2, 0.25) is 11.8 Å². The van der Waals surface area contributed by atoms with Gasteiger partial charge in [0.25, 0.3) is 0 Å². The smallest absolute Gasteiger partial charge is 0.330 e. The fourth-order valence-corrected chi connectivity index (χ4v) is 6.02. The van der Waals surface area contributed by atoms with Gasteiger partial charge in [-0.15, -0.1) is 0 Å². The van der Waals surface area contributed by atoms with Crippen molar-refractivity contribution in [3.05, 3.63) is 95.8 Å². The molecule has 4 amide bonds. The van der Waals surface area contributed by atoms with E-state index in [2.05, 4.69) is 10.2 Å². The van der Waals surface area contributed by atoms with E-state index in [9.17, 15) is 18.8 Å². The van der Waals surface area contributed by atoms with Gasteiger partial charge < -0.3 is 9.80 Å². The molecular formula is C29H27FN4O3. The van der Waals surface area contributed by atoms with E-state index in [0.717, 1.165) is 16.8 Å². The second kappa shape index (κ2) is 9.03. The third-order valence-electron chi connectivity index (χ3n) is 7.88. The number of imide groups is 2. The molecule has 0 aliphatic carbocycles. The molecule has 2 atom stereocenters. The molecule has 1 N–H and O–H groups in total. The van der Waals surface area contributed by atoms with E-state index in [1.54, 1.807) is 18.2 Å². The average Bonchev–Trinajstić information content (AvgIpc) is 2.92. The van der Waals surface area contributed by atoms with Crippen LogP contribution in [-0.2, 0) is 22.4 Å². The summed E-state index contributed by atoms with van der Waals surface area (Å²) in [5, 5.41) is 2.49. The maximum Gasteiger partial charge on any atom is 0.330 e. The van der Waals surface area contributed by atoms with Crippen LogP contribution in [0.3, 0.4) is 0 Å². The number of carbonyl (C=O) groups is 3. The van der Waals surface area contributed by atoms with E-state index in [1.807, 2.05) is 59.5 Å². The fourth-order valence-electron chi connectivity index (χ4n) is 6.02. The summed E-state index contributed by atoms with van der Waals surface area (Å²) in [4.78, 5) is 46.0. The molecular weight excluding hydrogens is 471 g/mol. The van der Waals surface area contributed by atoms with E-state index < -0.39 is 29.3 Å². The highest BCUT2D eigenvalue weighted by molar-refractivity contribution is 6.20. The maximum absolute atomic E-state index is 14.7. The van der Waals surface area contributed by atoms with Crippen LogP contribution in [0, 0.1) is 11.2 Å². The molecule has 8 heteroatoms. The van der Waals surface area contributed by atoms with Crippen molar-refractivity contribution in [2.45, 2.75) is 18.9 Å². The Morgan fingerprint density at radius 3 is 2.35 bits per heavy atom. The van der Waals surface area contributed by atoms with Gasteiger partial charge in [-0.2, -0.15) is 0 Å². The van der Waals surface area contributed by atoms with E-state index in [0.29, 0.717) is 25.2 Å². The summed E-state index contributed by atoms with van der Waals surface area (Å²) in [5.41, 5.74) is 1.78. The first kappa shape index (κ1) is 23.2. The number of fused-ring (bicyclic) bond motifs is 4. The van der Waals surface area contributed by atoms with Crippen LogP contribution in [0.25, 0.3) is 0 Å². The van der Waals surface area contributed by atoms with Gasteiger partial charge in [0, 0.05) is 31.9 Å². The quantitative estimate of drug-likeness (QED) is 0.559. The van der Waals surface area contributed by atoms with Crippen LogP contribution in [0.2, 0.25) is 0 Å². The third kappa shape index (κ3) is 3.75. The summed E-state index contributed by atoms with van der Waals surface area (Å²) < 4.78 is 14.7. The lowest BCUT2D eigenvalue weighted by atomic mass is 9.67. The molecule has 0 aromatic heterocycles. The minimum absolute atomic E-state index is 0.162. The van der Waals surface area contributed by atoms with Crippen LogP contribution < -0.4 is 15.1 Å². The Bertz CT molecular complexity index is 1380. The number of para-hydroxylation sites is 2. The van der Waals surface area contributed by atoms with Crippen LogP contribution in [0.1, 0.15) is 11.1 Å². The number of anilines is 2. The Balaban J connectivity index is 1.40. The standard InChI is InChI=1S/C29H27FN4O3/c30-22-11-5-7-13-24(22)32-16-17-33-23-12-6-4-10-21(23)18-29(25(33)19-32)26(35)31-28(37)34(27(29)36)15-14-20-8-2-1-3-9-20/h1-13,25H,14-19H2,(H,31,35,37). The van der Waals surface area contributed by atoms with E-state index in [1.165, 1.54) is 11.0 Å². The van der Waals surface area contributed by atoms with Crippen molar-refractivity contribution in [3.63, 3.8) is 0 Å². The molecule has 0 bridgehead atoms. The highest BCUT2D eigenvalue weighted by Crippen LogP contribution is 2.46. The van der Waals surface area contributed by atoms with Crippen molar-refractivity contribution in [2.24, 2.45) is 5.41 Å². The minimum atomic E-state index is -1.51. The number of rotatable bonds is 4. The minimum Gasteiger partial charge on any atom is -0.365 e. The lowest BCUT2D eigenvalue weighted by Crippen LogP contribution is -2.75. The van der Waals surface area contributed by atoms with E-state index >= 15 is 0 Å². The summed E-state index contributed by atoms with van der Waals surface area (Å²) in [6.07, 6.45) is 0.659. The topological polar surface area (TPSA) is 73.0 Å². The Labute approximate surface area is 214 Å². The predicted octanol–water partition coefficient (Wildman–Crippen LogP) is 3.38. The monoisotopic (exact) mass is 498 g/mol. The molecule has 3 aromatic rings. The molecule has 0 saturated carbocycles. The zero-order chi connectivity index (χ0) is 25.6. The molecule has 2 fully saturated rings. The van der Waals surface area contributed by atoms with Crippen molar-refractivity contribution in [1.82, 2.24) is 10.2 Å². The zero-order valence-electron chi connectivity index (χ0n) is 20.3. The number of piperazine rings is 1. The highest BCUT2D eigenvalue weighted by atomic mass is 19.1.